The van der Waals surface area contributed by atoms with Crippen molar-refractivity contribution in [3.63, 3.8) is 0 Å². The third-order valence-corrected chi connectivity index (χ3v) is 6.21. The largest absolute Gasteiger partial charge is 0.383 e. The maximum atomic E-state index is 13.1. The highest BCUT2D eigenvalue weighted by Crippen LogP contribution is 2.21. The van der Waals surface area contributed by atoms with Crippen LogP contribution in [-0.4, -0.2) is 79.2 Å². The molecule has 1 fully saturated rings. The molecule has 29 heavy (non-hydrogen) atoms. The molecule has 0 radical (unpaired) electrons. The minimum Gasteiger partial charge on any atom is -0.383 e. The van der Waals surface area contributed by atoms with Crippen LogP contribution >= 0.6 is 11.3 Å². The maximum Gasteiger partial charge on any atom is 0.255 e. The van der Waals surface area contributed by atoms with E-state index < -0.39 is 0 Å². The van der Waals surface area contributed by atoms with Gasteiger partial charge in [-0.2, -0.15) is 0 Å². The Bertz CT molecular complexity index is 823. The summed E-state index contributed by atoms with van der Waals surface area (Å²) in [5.41, 5.74) is 2.90. The Morgan fingerprint density at radius 2 is 1.97 bits per heavy atom. The summed E-state index contributed by atoms with van der Waals surface area (Å²) in [6.07, 6.45) is 0. The predicted octanol–water partition coefficient (Wildman–Crippen LogP) is 1.74. The average molecular weight is 419 g/mol. The van der Waals surface area contributed by atoms with Crippen molar-refractivity contribution in [1.82, 2.24) is 19.7 Å². The van der Waals surface area contributed by atoms with Gasteiger partial charge in [0, 0.05) is 56.1 Å². The minimum atomic E-state index is -0.000973. The second-order valence-electron chi connectivity index (χ2n) is 7.36. The Hall–Kier alpha value is -2.16. The Labute approximate surface area is 176 Å². The molecule has 2 amide bonds. The fraction of sp³-hybridized carbons (Fsp3) is 0.524. The van der Waals surface area contributed by atoms with Gasteiger partial charge in [-0.1, -0.05) is 6.07 Å². The van der Waals surface area contributed by atoms with Crippen molar-refractivity contribution in [2.24, 2.45) is 0 Å². The number of carbonyl (C=O) groups excluding carboxylic acids is 2. The van der Waals surface area contributed by atoms with E-state index in [1.165, 1.54) is 4.88 Å². The first kappa shape index (κ1) is 21.5. The van der Waals surface area contributed by atoms with Crippen LogP contribution < -0.4 is 5.32 Å². The average Bonchev–Trinajstić information content (AvgIpc) is 3.32. The van der Waals surface area contributed by atoms with Crippen LogP contribution in [0.5, 0.6) is 0 Å². The Morgan fingerprint density at radius 3 is 2.62 bits per heavy atom. The number of ether oxygens (including phenoxy) is 1. The lowest BCUT2D eigenvalue weighted by molar-refractivity contribution is -0.122. The summed E-state index contributed by atoms with van der Waals surface area (Å²) in [6.45, 7) is 8.96. The number of nitrogens with zero attached hydrogens (tertiary/aromatic N) is 3. The molecule has 1 aliphatic rings. The van der Waals surface area contributed by atoms with E-state index >= 15 is 0 Å². The lowest BCUT2D eigenvalue weighted by Crippen LogP contribution is -2.51. The van der Waals surface area contributed by atoms with Crippen molar-refractivity contribution < 1.29 is 14.3 Å². The zero-order valence-corrected chi connectivity index (χ0v) is 18.3. The molecule has 0 aromatic carbocycles. The van der Waals surface area contributed by atoms with Crippen molar-refractivity contribution in [3.05, 3.63) is 45.4 Å². The number of rotatable bonds is 8. The first-order valence-electron chi connectivity index (χ1n) is 9.96. The molecule has 158 valence electrons. The van der Waals surface area contributed by atoms with E-state index in [0.717, 1.165) is 23.5 Å². The zero-order valence-electron chi connectivity index (χ0n) is 17.4. The molecule has 8 heteroatoms. The Balaban J connectivity index is 1.55. The van der Waals surface area contributed by atoms with Gasteiger partial charge in [0.25, 0.3) is 5.91 Å². The van der Waals surface area contributed by atoms with Gasteiger partial charge in [0.2, 0.25) is 5.91 Å². The molecule has 0 saturated carbocycles. The topological polar surface area (TPSA) is 66.8 Å². The number of thiophene rings is 1. The van der Waals surface area contributed by atoms with Crippen molar-refractivity contribution >= 4 is 23.2 Å². The number of nitrogens with one attached hydrogen (secondary N) is 1. The van der Waals surface area contributed by atoms with Gasteiger partial charge in [-0.05, 0) is 31.4 Å². The number of carbonyl (C=O) groups is 2. The fourth-order valence-corrected chi connectivity index (χ4v) is 4.34. The SMILES string of the molecule is COCCNC(=O)CN1CCN(C(=O)c2cc(C)n(Cc3cccs3)c2C)CC1. The van der Waals surface area contributed by atoms with Gasteiger partial charge in [0.15, 0.2) is 0 Å². The molecule has 1 saturated heterocycles. The highest BCUT2D eigenvalue weighted by molar-refractivity contribution is 7.09. The van der Waals surface area contributed by atoms with E-state index in [1.54, 1.807) is 18.4 Å². The quantitative estimate of drug-likeness (QED) is 0.663. The monoisotopic (exact) mass is 418 g/mol. The van der Waals surface area contributed by atoms with E-state index in [9.17, 15) is 9.59 Å². The maximum absolute atomic E-state index is 13.1. The van der Waals surface area contributed by atoms with E-state index in [2.05, 4.69) is 39.2 Å². The molecule has 0 aliphatic carbocycles. The molecule has 3 rings (SSSR count). The van der Waals surface area contributed by atoms with Crippen LogP contribution in [0, 0.1) is 13.8 Å². The summed E-state index contributed by atoms with van der Waals surface area (Å²) in [7, 11) is 1.61. The number of aromatic nitrogens is 1. The van der Waals surface area contributed by atoms with Gasteiger partial charge in [0.05, 0.1) is 25.3 Å². The van der Waals surface area contributed by atoms with Crippen LogP contribution in [0.3, 0.4) is 0 Å². The van der Waals surface area contributed by atoms with Crippen LogP contribution in [0.15, 0.2) is 23.6 Å². The summed E-state index contributed by atoms with van der Waals surface area (Å²) < 4.78 is 7.15. The van der Waals surface area contributed by atoms with E-state index in [-0.39, 0.29) is 11.8 Å². The molecule has 1 aliphatic heterocycles. The van der Waals surface area contributed by atoms with Crippen LogP contribution in [0.25, 0.3) is 0 Å². The van der Waals surface area contributed by atoms with Crippen LogP contribution in [0.4, 0.5) is 0 Å². The molecule has 0 bridgehead atoms. The lowest BCUT2D eigenvalue weighted by atomic mass is 10.2. The number of hydrogen-bond acceptors (Lipinski definition) is 5. The highest BCUT2D eigenvalue weighted by atomic mass is 32.1. The van der Waals surface area contributed by atoms with Crippen molar-refractivity contribution in [2.75, 3.05) is 53.0 Å². The first-order valence-corrected chi connectivity index (χ1v) is 10.8. The molecule has 1 N–H and O–H groups in total. The normalized spacial score (nSPS) is 14.9. The molecule has 2 aromatic rings. The van der Waals surface area contributed by atoms with E-state index in [0.29, 0.717) is 45.9 Å². The van der Waals surface area contributed by atoms with E-state index in [1.807, 2.05) is 17.9 Å². The fourth-order valence-electron chi connectivity index (χ4n) is 3.65. The summed E-state index contributed by atoms with van der Waals surface area (Å²) in [6, 6.07) is 6.17. The summed E-state index contributed by atoms with van der Waals surface area (Å²) in [4.78, 5) is 30.3. The molecule has 2 aromatic heterocycles. The van der Waals surface area contributed by atoms with Gasteiger partial charge < -0.3 is 19.5 Å². The highest BCUT2D eigenvalue weighted by Gasteiger charge is 2.26. The van der Waals surface area contributed by atoms with Crippen molar-refractivity contribution in [1.29, 1.82) is 0 Å². The smallest absolute Gasteiger partial charge is 0.255 e. The molecule has 7 nitrogen and oxygen atoms in total. The molecular formula is C21H30N4O3S. The van der Waals surface area contributed by atoms with Gasteiger partial charge in [0.1, 0.15) is 0 Å². The molecule has 0 unspecified atom stereocenters. The van der Waals surface area contributed by atoms with Crippen molar-refractivity contribution in [2.45, 2.75) is 20.4 Å². The van der Waals surface area contributed by atoms with E-state index in [4.69, 9.17) is 4.74 Å². The third-order valence-electron chi connectivity index (χ3n) is 5.35. The van der Waals surface area contributed by atoms with Gasteiger partial charge in [-0.25, -0.2) is 0 Å². The number of hydrogen-bond donors (Lipinski definition) is 1. The molecular weight excluding hydrogens is 388 g/mol. The lowest BCUT2D eigenvalue weighted by Gasteiger charge is -2.34. The molecule has 3 heterocycles. The van der Waals surface area contributed by atoms with Crippen LogP contribution in [0.2, 0.25) is 0 Å². The second kappa shape index (κ2) is 10.0. The molecule has 0 atom stereocenters. The van der Waals surface area contributed by atoms with Crippen molar-refractivity contribution in [3.8, 4) is 0 Å². The Kier molecular flexibility index (Phi) is 7.46. The Morgan fingerprint density at radius 1 is 1.21 bits per heavy atom. The number of methoxy groups -OCH3 is 1. The first-order chi connectivity index (χ1) is 14.0. The number of piperazine rings is 1. The second-order valence-corrected chi connectivity index (χ2v) is 8.39. The summed E-state index contributed by atoms with van der Waals surface area (Å²) >= 11 is 1.73. The van der Waals surface area contributed by atoms with Gasteiger partial charge in [-0.15, -0.1) is 11.3 Å². The minimum absolute atomic E-state index is 0.000973. The molecule has 0 spiro atoms. The van der Waals surface area contributed by atoms with Gasteiger partial charge >= 0.3 is 0 Å². The van der Waals surface area contributed by atoms with Crippen LogP contribution in [0.1, 0.15) is 26.6 Å². The van der Waals surface area contributed by atoms with Gasteiger partial charge in [-0.3, -0.25) is 14.5 Å². The zero-order chi connectivity index (χ0) is 20.8. The summed E-state index contributed by atoms with van der Waals surface area (Å²) in [5, 5.41) is 4.91. The summed E-state index contributed by atoms with van der Waals surface area (Å²) in [5.74, 6) is 0.0821. The third kappa shape index (κ3) is 5.46. The predicted molar refractivity (Wildman–Crippen MR) is 115 cm³/mol. The number of aryl methyl sites for hydroxylation is 1. The number of amides is 2. The van der Waals surface area contributed by atoms with Crippen LogP contribution in [-0.2, 0) is 16.1 Å². The standard InChI is InChI=1S/C21H30N4O3S/c1-16-13-19(17(2)25(16)14-18-5-4-12-29-18)21(27)24-9-7-23(8-10-24)15-20(26)22-6-11-28-3/h4-5,12-13H,6-11,14-15H2,1-3H3,(H,22,26).